The van der Waals surface area contributed by atoms with Gasteiger partial charge in [-0.1, -0.05) is 27.7 Å². The Morgan fingerprint density at radius 1 is 1.22 bits per heavy atom. The Bertz CT molecular complexity index is 303. The van der Waals surface area contributed by atoms with Gasteiger partial charge in [-0.15, -0.1) is 0 Å². The Morgan fingerprint density at radius 2 is 1.94 bits per heavy atom. The lowest BCUT2D eigenvalue weighted by molar-refractivity contribution is -0.139. The van der Waals surface area contributed by atoms with Crippen molar-refractivity contribution >= 4 is 5.91 Å². The number of amides is 1. The lowest BCUT2D eigenvalue weighted by atomic mass is 9.94. The van der Waals surface area contributed by atoms with Crippen molar-refractivity contribution in [1.82, 2.24) is 10.2 Å². The predicted octanol–water partition coefficient (Wildman–Crippen LogP) is 2.41. The number of piperidine rings is 1. The van der Waals surface area contributed by atoms with Gasteiger partial charge >= 0.3 is 0 Å². The minimum atomic E-state index is 0.0573. The molecule has 3 nitrogen and oxygen atoms in total. The molecule has 2 fully saturated rings. The van der Waals surface area contributed by atoms with Gasteiger partial charge in [0.2, 0.25) is 5.91 Å². The summed E-state index contributed by atoms with van der Waals surface area (Å²) >= 11 is 0. The number of nitrogens with zero attached hydrogens (tertiary/aromatic N) is 1. The molecule has 0 aromatic heterocycles. The molecule has 1 amide bonds. The first-order chi connectivity index (χ1) is 8.50. The fraction of sp³-hybridized carbons (Fsp3) is 0.933. The van der Waals surface area contributed by atoms with E-state index in [1.54, 1.807) is 0 Å². The van der Waals surface area contributed by atoms with Gasteiger partial charge in [0, 0.05) is 18.6 Å². The number of rotatable bonds is 3. The summed E-state index contributed by atoms with van der Waals surface area (Å²) in [7, 11) is 0. The third-order valence-electron chi connectivity index (χ3n) is 4.83. The summed E-state index contributed by atoms with van der Waals surface area (Å²) in [5, 5.41) is 3.42. The molecule has 104 valence electrons. The van der Waals surface area contributed by atoms with Crippen molar-refractivity contribution in [3.05, 3.63) is 0 Å². The predicted molar refractivity (Wildman–Crippen MR) is 74.4 cm³/mol. The van der Waals surface area contributed by atoms with Gasteiger partial charge in [0.05, 0.1) is 6.04 Å². The maximum Gasteiger partial charge on any atom is 0.239 e. The SMILES string of the molecule is CC(C)NC1CCCN(C2CCC(C)C2C)C1=O. The van der Waals surface area contributed by atoms with Gasteiger partial charge in [0.1, 0.15) is 0 Å². The van der Waals surface area contributed by atoms with E-state index < -0.39 is 0 Å². The van der Waals surface area contributed by atoms with E-state index in [2.05, 4.69) is 37.9 Å². The summed E-state index contributed by atoms with van der Waals surface area (Å²) < 4.78 is 0. The monoisotopic (exact) mass is 252 g/mol. The second-order valence-electron chi connectivity index (χ2n) is 6.53. The number of hydrogen-bond donors (Lipinski definition) is 1. The fourth-order valence-corrected chi connectivity index (χ4v) is 3.56. The smallest absolute Gasteiger partial charge is 0.239 e. The van der Waals surface area contributed by atoms with Gasteiger partial charge in [-0.3, -0.25) is 4.79 Å². The Balaban J connectivity index is 2.02. The molecule has 0 aromatic carbocycles. The standard InChI is InChI=1S/C15H28N2O/c1-10(2)16-13-6-5-9-17(15(13)18)14-8-7-11(3)12(14)4/h10-14,16H,5-9H2,1-4H3. The number of nitrogens with one attached hydrogen (secondary N) is 1. The second-order valence-corrected chi connectivity index (χ2v) is 6.53. The molecule has 1 aliphatic carbocycles. The first-order valence-corrected chi connectivity index (χ1v) is 7.57. The van der Waals surface area contributed by atoms with Gasteiger partial charge in [-0.2, -0.15) is 0 Å². The van der Waals surface area contributed by atoms with Crippen LogP contribution < -0.4 is 5.32 Å². The lowest BCUT2D eigenvalue weighted by Gasteiger charge is -2.39. The highest BCUT2D eigenvalue weighted by Gasteiger charge is 2.39. The molecule has 1 N–H and O–H groups in total. The molecule has 2 rings (SSSR count). The number of carbonyl (C=O) groups is 1. The molecular formula is C15H28N2O. The minimum absolute atomic E-state index is 0.0573. The molecule has 0 bridgehead atoms. The van der Waals surface area contributed by atoms with Gasteiger partial charge in [-0.25, -0.2) is 0 Å². The summed E-state index contributed by atoms with van der Waals surface area (Å²) in [6, 6.07) is 0.935. The van der Waals surface area contributed by atoms with E-state index >= 15 is 0 Å². The summed E-state index contributed by atoms with van der Waals surface area (Å²) in [5.41, 5.74) is 0. The molecule has 0 spiro atoms. The van der Waals surface area contributed by atoms with Gasteiger partial charge in [-0.05, 0) is 37.5 Å². The van der Waals surface area contributed by atoms with E-state index in [0.717, 1.165) is 25.3 Å². The van der Waals surface area contributed by atoms with Crippen LogP contribution in [0.4, 0.5) is 0 Å². The van der Waals surface area contributed by atoms with Crippen LogP contribution in [0.5, 0.6) is 0 Å². The van der Waals surface area contributed by atoms with Crippen LogP contribution in [0.1, 0.15) is 53.4 Å². The van der Waals surface area contributed by atoms with Crippen LogP contribution in [0.2, 0.25) is 0 Å². The van der Waals surface area contributed by atoms with Crippen molar-refractivity contribution in [3.8, 4) is 0 Å². The summed E-state index contributed by atoms with van der Waals surface area (Å²) in [6.07, 6.45) is 4.62. The zero-order valence-electron chi connectivity index (χ0n) is 12.3. The van der Waals surface area contributed by atoms with Crippen molar-refractivity contribution in [3.63, 3.8) is 0 Å². The zero-order chi connectivity index (χ0) is 13.3. The van der Waals surface area contributed by atoms with E-state index in [4.69, 9.17) is 0 Å². The van der Waals surface area contributed by atoms with Gasteiger partial charge in [0.15, 0.2) is 0 Å². The van der Waals surface area contributed by atoms with E-state index in [0.29, 0.717) is 23.9 Å². The Labute approximate surface area is 111 Å². The van der Waals surface area contributed by atoms with Crippen molar-refractivity contribution in [2.45, 2.75) is 71.5 Å². The van der Waals surface area contributed by atoms with Crippen LogP contribution in [0.15, 0.2) is 0 Å². The quantitative estimate of drug-likeness (QED) is 0.836. The van der Waals surface area contributed by atoms with Crippen LogP contribution >= 0.6 is 0 Å². The normalized spacial score (nSPS) is 37.6. The minimum Gasteiger partial charge on any atom is -0.338 e. The average molecular weight is 252 g/mol. The second kappa shape index (κ2) is 5.60. The van der Waals surface area contributed by atoms with E-state index in [1.165, 1.54) is 12.8 Å². The molecule has 1 heterocycles. The molecule has 1 saturated heterocycles. The van der Waals surface area contributed by atoms with Crippen LogP contribution in [-0.4, -0.2) is 35.5 Å². The van der Waals surface area contributed by atoms with Crippen LogP contribution in [-0.2, 0) is 4.79 Å². The highest BCUT2D eigenvalue weighted by atomic mass is 16.2. The van der Waals surface area contributed by atoms with E-state index in [1.807, 2.05) is 0 Å². The van der Waals surface area contributed by atoms with Crippen molar-refractivity contribution in [2.75, 3.05) is 6.54 Å². The van der Waals surface area contributed by atoms with Gasteiger partial charge in [0.25, 0.3) is 0 Å². The topological polar surface area (TPSA) is 32.3 Å². The number of likely N-dealkylation sites (tertiary alicyclic amines) is 1. The first kappa shape index (κ1) is 13.9. The molecule has 18 heavy (non-hydrogen) atoms. The van der Waals surface area contributed by atoms with Gasteiger partial charge < -0.3 is 10.2 Å². The molecule has 4 unspecified atom stereocenters. The average Bonchev–Trinajstić information content (AvgIpc) is 2.63. The maximum absolute atomic E-state index is 12.6. The lowest BCUT2D eigenvalue weighted by Crippen LogP contribution is -2.56. The largest absolute Gasteiger partial charge is 0.338 e. The molecule has 1 aliphatic heterocycles. The first-order valence-electron chi connectivity index (χ1n) is 7.57. The Morgan fingerprint density at radius 3 is 2.50 bits per heavy atom. The Kier molecular flexibility index (Phi) is 4.31. The van der Waals surface area contributed by atoms with Crippen LogP contribution in [0.25, 0.3) is 0 Å². The maximum atomic E-state index is 12.6. The molecule has 2 aliphatic rings. The third kappa shape index (κ3) is 2.71. The summed E-state index contributed by atoms with van der Waals surface area (Å²) in [6.45, 7) is 9.84. The van der Waals surface area contributed by atoms with Crippen molar-refractivity contribution in [1.29, 1.82) is 0 Å². The molecule has 3 heteroatoms. The van der Waals surface area contributed by atoms with Crippen LogP contribution in [0, 0.1) is 11.8 Å². The summed E-state index contributed by atoms with van der Waals surface area (Å²) in [4.78, 5) is 14.7. The number of hydrogen-bond acceptors (Lipinski definition) is 2. The molecule has 4 atom stereocenters. The zero-order valence-corrected chi connectivity index (χ0v) is 12.3. The summed E-state index contributed by atoms with van der Waals surface area (Å²) in [5.74, 6) is 1.77. The fourth-order valence-electron chi connectivity index (χ4n) is 3.56. The molecule has 0 aromatic rings. The number of carbonyl (C=O) groups excluding carboxylic acids is 1. The molecule has 0 radical (unpaired) electrons. The van der Waals surface area contributed by atoms with Crippen molar-refractivity contribution < 1.29 is 4.79 Å². The molecular weight excluding hydrogens is 224 g/mol. The van der Waals surface area contributed by atoms with E-state index in [-0.39, 0.29) is 6.04 Å². The van der Waals surface area contributed by atoms with Crippen molar-refractivity contribution in [2.24, 2.45) is 11.8 Å². The third-order valence-corrected chi connectivity index (χ3v) is 4.83. The Hall–Kier alpha value is -0.570. The van der Waals surface area contributed by atoms with E-state index in [9.17, 15) is 4.79 Å². The molecule has 1 saturated carbocycles. The highest BCUT2D eigenvalue weighted by Crippen LogP contribution is 2.36. The highest BCUT2D eigenvalue weighted by molar-refractivity contribution is 5.83. The van der Waals surface area contributed by atoms with Crippen LogP contribution in [0.3, 0.4) is 0 Å².